The minimum Gasteiger partial charge on any atom is -0.481 e. The lowest BCUT2D eigenvalue weighted by Crippen LogP contribution is -2.46. The summed E-state index contributed by atoms with van der Waals surface area (Å²) in [6, 6.07) is 7.85. The summed E-state index contributed by atoms with van der Waals surface area (Å²) in [4.78, 5) is 12.2. The normalized spacial score (nSPS) is 23.9. The maximum absolute atomic E-state index is 12.2. The molecule has 0 bridgehead atoms. The second-order valence-electron chi connectivity index (χ2n) is 5.59. The molecule has 1 aliphatic rings. The fraction of sp³-hybridized carbons (Fsp3) is 0.562. The zero-order valence-electron chi connectivity index (χ0n) is 12.1. The molecule has 3 unspecified atom stereocenters. The maximum Gasteiger partial charge on any atom is 0.261 e. The number of nitrogens with one attached hydrogen (secondary N) is 1. The molecular formula is C16H22BrNO2. The number of halogens is 1. The number of amides is 1. The largest absolute Gasteiger partial charge is 0.481 e. The van der Waals surface area contributed by atoms with E-state index in [0.717, 1.165) is 10.9 Å². The molecule has 4 heteroatoms. The Hall–Kier alpha value is -1.03. The summed E-state index contributed by atoms with van der Waals surface area (Å²) >= 11 is 3.40. The van der Waals surface area contributed by atoms with E-state index in [9.17, 15) is 4.79 Å². The van der Waals surface area contributed by atoms with E-state index >= 15 is 0 Å². The van der Waals surface area contributed by atoms with Gasteiger partial charge in [0, 0.05) is 10.5 Å². The highest BCUT2D eigenvalue weighted by Gasteiger charge is 2.25. The highest BCUT2D eigenvalue weighted by molar-refractivity contribution is 9.10. The molecule has 20 heavy (non-hydrogen) atoms. The SMILES string of the molecule is CC(Oc1cccc(Br)c1)C(=O)NC1CCCCC1C. The first-order valence-corrected chi connectivity index (χ1v) is 8.08. The Labute approximate surface area is 129 Å². The number of ether oxygens (including phenoxy) is 1. The van der Waals surface area contributed by atoms with Gasteiger partial charge in [0.1, 0.15) is 5.75 Å². The Balaban J connectivity index is 1.88. The van der Waals surface area contributed by atoms with Crippen molar-refractivity contribution in [2.45, 2.75) is 51.7 Å². The van der Waals surface area contributed by atoms with Crippen molar-refractivity contribution in [1.29, 1.82) is 0 Å². The first-order chi connectivity index (χ1) is 9.56. The van der Waals surface area contributed by atoms with Gasteiger partial charge in [-0.2, -0.15) is 0 Å². The number of carbonyl (C=O) groups excluding carboxylic acids is 1. The van der Waals surface area contributed by atoms with Crippen molar-refractivity contribution < 1.29 is 9.53 Å². The van der Waals surface area contributed by atoms with Gasteiger partial charge in [-0.3, -0.25) is 4.79 Å². The molecule has 0 heterocycles. The lowest BCUT2D eigenvalue weighted by Gasteiger charge is -2.30. The van der Waals surface area contributed by atoms with E-state index in [1.807, 2.05) is 24.3 Å². The number of carbonyl (C=O) groups is 1. The van der Waals surface area contributed by atoms with Crippen LogP contribution >= 0.6 is 15.9 Å². The van der Waals surface area contributed by atoms with Crippen LogP contribution in [0.5, 0.6) is 5.75 Å². The van der Waals surface area contributed by atoms with E-state index in [1.165, 1.54) is 19.3 Å². The van der Waals surface area contributed by atoms with E-state index in [1.54, 1.807) is 6.92 Å². The maximum atomic E-state index is 12.2. The highest BCUT2D eigenvalue weighted by atomic mass is 79.9. The van der Waals surface area contributed by atoms with Crippen molar-refractivity contribution >= 4 is 21.8 Å². The summed E-state index contributed by atoms with van der Waals surface area (Å²) < 4.78 is 6.64. The van der Waals surface area contributed by atoms with E-state index in [-0.39, 0.29) is 5.91 Å². The highest BCUT2D eigenvalue weighted by Crippen LogP contribution is 2.24. The van der Waals surface area contributed by atoms with E-state index in [2.05, 4.69) is 28.2 Å². The van der Waals surface area contributed by atoms with Gasteiger partial charge >= 0.3 is 0 Å². The Morgan fingerprint density at radius 1 is 1.40 bits per heavy atom. The molecule has 3 atom stereocenters. The van der Waals surface area contributed by atoms with E-state index in [4.69, 9.17) is 4.74 Å². The van der Waals surface area contributed by atoms with Crippen LogP contribution in [0, 0.1) is 5.92 Å². The summed E-state index contributed by atoms with van der Waals surface area (Å²) in [6.07, 6.45) is 4.29. The quantitative estimate of drug-likeness (QED) is 0.902. The van der Waals surface area contributed by atoms with Crippen LogP contribution in [0.25, 0.3) is 0 Å². The lowest BCUT2D eigenvalue weighted by atomic mass is 9.86. The van der Waals surface area contributed by atoms with Crippen LogP contribution in [0.1, 0.15) is 39.5 Å². The van der Waals surface area contributed by atoms with Crippen molar-refractivity contribution in [3.63, 3.8) is 0 Å². The second kappa shape index (κ2) is 7.11. The molecule has 0 saturated heterocycles. The molecule has 1 amide bonds. The first kappa shape index (κ1) is 15.4. The van der Waals surface area contributed by atoms with Crippen molar-refractivity contribution in [3.8, 4) is 5.75 Å². The summed E-state index contributed by atoms with van der Waals surface area (Å²) in [5.74, 6) is 1.24. The van der Waals surface area contributed by atoms with Crippen molar-refractivity contribution in [3.05, 3.63) is 28.7 Å². The summed E-state index contributed by atoms with van der Waals surface area (Å²) in [6.45, 7) is 4.01. The van der Waals surface area contributed by atoms with Gasteiger partial charge in [-0.05, 0) is 43.9 Å². The number of hydrogen-bond donors (Lipinski definition) is 1. The molecule has 0 aromatic heterocycles. The van der Waals surface area contributed by atoms with Crippen LogP contribution in [-0.4, -0.2) is 18.1 Å². The van der Waals surface area contributed by atoms with Crippen molar-refractivity contribution in [2.75, 3.05) is 0 Å². The smallest absolute Gasteiger partial charge is 0.261 e. The van der Waals surface area contributed by atoms with Crippen molar-refractivity contribution in [2.24, 2.45) is 5.92 Å². The third-order valence-electron chi connectivity index (χ3n) is 3.92. The third-order valence-corrected chi connectivity index (χ3v) is 4.41. The zero-order chi connectivity index (χ0) is 14.5. The number of rotatable bonds is 4. The molecule has 2 rings (SSSR count). The molecule has 0 aliphatic heterocycles. The fourth-order valence-corrected chi connectivity index (χ4v) is 3.01. The molecule has 1 saturated carbocycles. The third kappa shape index (κ3) is 4.23. The van der Waals surface area contributed by atoms with Gasteiger partial charge in [0.25, 0.3) is 5.91 Å². The van der Waals surface area contributed by atoms with E-state index < -0.39 is 6.10 Å². The molecule has 1 aromatic rings. The monoisotopic (exact) mass is 339 g/mol. The minimum absolute atomic E-state index is 0.0243. The Morgan fingerprint density at radius 3 is 2.85 bits per heavy atom. The fourth-order valence-electron chi connectivity index (χ4n) is 2.63. The van der Waals surface area contributed by atoms with Crippen molar-refractivity contribution in [1.82, 2.24) is 5.32 Å². The van der Waals surface area contributed by atoms with Crippen LogP contribution < -0.4 is 10.1 Å². The Kier molecular flexibility index (Phi) is 5.46. The molecule has 1 aliphatic carbocycles. The van der Waals surface area contributed by atoms with Crippen LogP contribution in [-0.2, 0) is 4.79 Å². The molecule has 110 valence electrons. The summed E-state index contributed by atoms with van der Waals surface area (Å²) in [5, 5.41) is 3.13. The molecule has 0 radical (unpaired) electrons. The molecule has 3 nitrogen and oxygen atoms in total. The van der Waals surface area contributed by atoms with Gasteiger partial charge in [-0.25, -0.2) is 0 Å². The van der Waals surface area contributed by atoms with Crippen LogP contribution in [0.3, 0.4) is 0 Å². The first-order valence-electron chi connectivity index (χ1n) is 7.29. The Morgan fingerprint density at radius 2 is 2.15 bits per heavy atom. The second-order valence-corrected chi connectivity index (χ2v) is 6.51. The van der Waals surface area contributed by atoms with Crippen LogP contribution in [0.4, 0.5) is 0 Å². The Bertz CT molecular complexity index is 464. The topological polar surface area (TPSA) is 38.3 Å². The molecule has 1 fully saturated rings. The van der Waals surface area contributed by atoms with Gasteiger partial charge in [0.15, 0.2) is 6.10 Å². The number of benzene rings is 1. The molecule has 0 spiro atoms. The predicted octanol–water partition coefficient (Wildman–Crippen LogP) is 3.91. The summed E-state index contributed by atoms with van der Waals surface area (Å²) in [7, 11) is 0. The van der Waals surface area contributed by atoms with E-state index in [0.29, 0.717) is 17.7 Å². The van der Waals surface area contributed by atoms with Gasteiger partial charge < -0.3 is 10.1 Å². The number of hydrogen-bond acceptors (Lipinski definition) is 2. The van der Waals surface area contributed by atoms with Gasteiger partial charge in [0.05, 0.1) is 0 Å². The molecule has 1 N–H and O–H groups in total. The summed E-state index contributed by atoms with van der Waals surface area (Å²) in [5.41, 5.74) is 0. The lowest BCUT2D eigenvalue weighted by molar-refractivity contribution is -0.128. The zero-order valence-corrected chi connectivity index (χ0v) is 13.7. The average Bonchev–Trinajstić information content (AvgIpc) is 2.41. The van der Waals surface area contributed by atoms with Gasteiger partial charge in [-0.15, -0.1) is 0 Å². The average molecular weight is 340 g/mol. The predicted molar refractivity (Wildman–Crippen MR) is 83.8 cm³/mol. The molecular weight excluding hydrogens is 318 g/mol. The van der Waals surface area contributed by atoms with Gasteiger partial charge in [-0.1, -0.05) is 41.8 Å². The van der Waals surface area contributed by atoms with Gasteiger partial charge in [0.2, 0.25) is 0 Å². The van der Waals surface area contributed by atoms with Crippen LogP contribution in [0.2, 0.25) is 0 Å². The molecule has 1 aromatic carbocycles. The standard InChI is InChI=1S/C16H22BrNO2/c1-11-6-3-4-9-15(11)18-16(19)12(2)20-14-8-5-7-13(17)10-14/h5,7-8,10-12,15H,3-4,6,9H2,1-2H3,(H,18,19). The minimum atomic E-state index is -0.474. The van der Waals surface area contributed by atoms with Crippen LogP contribution in [0.15, 0.2) is 28.7 Å².